The average molecular weight is 470 g/mol. The molecule has 0 radical (unpaired) electrons. The van der Waals surface area contributed by atoms with Crippen LogP contribution in [0.15, 0.2) is 35.1 Å². The number of carboxylic acid groups (broad SMARTS) is 2. The van der Waals surface area contributed by atoms with Crippen LogP contribution in [0.3, 0.4) is 0 Å². The highest BCUT2D eigenvalue weighted by Crippen LogP contribution is 2.32. The Labute approximate surface area is 195 Å². The molecule has 1 aliphatic heterocycles. The van der Waals surface area contributed by atoms with Crippen LogP contribution in [0.2, 0.25) is 0 Å². The zero-order valence-electron chi connectivity index (χ0n) is 18.9. The predicted molar refractivity (Wildman–Crippen MR) is 121 cm³/mol. The van der Waals surface area contributed by atoms with Crippen molar-refractivity contribution in [1.29, 1.82) is 0 Å². The van der Waals surface area contributed by atoms with Crippen LogP contribution >= 0.6 is 0 Å². The first kappa shape index (κ1) is 24.7. The van der Waals surface area contributed by atoms with Gasteiger partial charge in [-0.05, 0) is 26.0 Å². The van der Waals surface area contributed by atoms with E-state index in [2.05, 4.69) is 25.3 Å². The number of hydrogen-bond acceptors (Lipinski definition) is 10. The molecule has 0 amide bonds. The Bertz CT molecular complexity index is 1120. The first-order valence-electron chi connectivity index (χ1n) is 10.6. The summed E-state index contributed by atoms with van der Waals surface area (Å²) >= 11 is 0. The van der Waals surface area contributed by atoms with Crippen molar-refractivity contribution >= 4 is 17.9 Å². The number of aromatic nitrogens is 4. The van der Waals surface area contributed by atoms with Gasteiger partial charge in [-0.3, -0.25) is 9.88 Å². The molecule has 34 heavy (non-hydrogen) atoms. The van der Waals surface area contributed by atoms with Crippen LogP contribution in [0.5, 0.6) is 0 Å². The molecule has 1 aliphatic rings. The lowest BCUT2D eigenvalue weighted by atomic mass is 10.0. The van der Waals surface area contributed by atoms with Crippen molar-refractivity contribution in [3.8, 4) is 22.6 Å². The quantitative estimate of drug-likeness (QED) is 0.447. The molecular formula is C22H26N6O6. The molecule has 0 spiro atoms. The van der Waals surface area contributed by atoms with Gasteiger partial charge in [0.15, 0.2) is 5.76 Å². The number of nitrogens with one attached hydrogen (secondary N) is 1. The van der Waals surface area contributed by atoms with E-state index in [1.807, 2.05) is 32.0 Å². The van der Waals surface area contributed by atoms with Gasteiger partial charge in [0.05, 0.1) is 30.2 Å². The normalized spacial score (nSPS) is 13.6. The van der Waals surface area contributed by atoms with Crippen LogP contribution in [0.1, 0.15) is 11.4 Å². The Kier molecular flexibility index (Phi) is 8.60. The summed E-state index contributed by atoms with van der Waals surface area (Å²) in [5.74, 6) is -2.41. The second-order valence-corrected chi connectivity index (χ2v) is 7.42. The van der Waals surface area contributed by atoms with Crippen molar-refractivity contribution in [2.24, 2.45) is 0 Å². The molecular weight excluding hydrogens is 444 g/mol. The summed E-state index contributed by atoms with van der Waals surface area (Å²) in [5, 5.41) is 22.1. The standard InChI is InChI=1S/C20H24N6O2.C2H2O4/c1-14-12-18(28-25-14)17-13-23-20(22-6-7-26-8-10-27-11-9-26)24-19(17)16-4-3-5-21-15(16)2;3-1(4)2(5)6/h3-5,12-13H,6-11H2,1-2H3,(H,22,23,24);(H,3,4)(H,5,6). The summed E-state index contributed by atoms with van der Waals surface area (Å²) in [4.78, 5) is 34.2. The third-order valence-electron chi connectivity index (χ3n) is 4.94. The van der Waals surface area contributed by atoms with Gasteiger partial charge in [-0.15, -0.1) is 0 Å². The lowest BCUT2D eigenvalue weighted by Gasteiger charge is -2.26. The topological polar surface area (TPSA) is 164 Å². The van der Waals surface area contributed by atoms with E-state index in [1.54, 1.807) is 12.4 Å². The van der Waals surface area contributed by atoms with E-state index in [0.717, 1.165) is 67.6 Å². The summed E-state index contributed by atoms with van der Waals surface area (Å²) in [5.41, 5.74) is 4.25. The molecule has 4 rings (SSSR count). The van der Waals surface area contributed by atoms with Crippen LogP contribution in [0.25, 0.3) is 22.6 Å². The number of anilines is 1. The van der Waals surface area contributed by atoms with Crippen LogP contribution in [0.4, 0.5) is 5.95 Å². The average Bonchev–Trinajstić information content (AvgIpc) is 3.26. The third-order valence-corrected chi connectivity index (χ3v) is 4.94. The van der Waals surface area contributed by atoms with Gasteiger partial charge >= 0.3 is 11.9 Å². The fourth-order valence-electron chi connectivity index (χ4n) is 3.23. The maximum atomic E-state index is 9.10. The Morgan fingerprint density at radius 1 is 1.12 bits per heavy atom. The van der Waals surface area contributed by atoms with Gasteiger partial charge in [-0.1, -0.05) is 5.16 Å². The highest BCUT2D eigenvalue weighted by Gasteiger charge is 2.17. The molecule has 0 saturated carbocycles. The Balaban J connectivity index is 0.000000481. The monoisotopic (exact) mass is 470 g/mol. The number of hydrogen-bond donors (Lipinski definition) is 3. The van der Waals surface area contributed by atoms with Crippen LogP contribution in [0, 0.1) is 13.8 Å². The second kappa shape index (κ2) is 11.8. The minimum Gasteiger partial charge on any atom is -0.473 e. The summed E-state index contributed by atoms with van der Waals surface area (Å²) in [6.07, 6.45) is 3.56. The predicted octanol–water partition coefficient (Wildman–Crippen LogP) is 1.71. The van der Waals surface area contributed by atoms with E-state index >= 15 is 0 Å². The smallest absolute Gasteiger partial charge is 0.414 e. The highest BCUT2D eigenvalue weighted by atomic mass is 16.5. The van der Waals surface area contributed by atoms with Crippen molar-refractivity contribution in [2.45, 2.75) is 13.8 Å². The number of morpholine rings is 1. The molecule has 12 heteroatoms. The number of pyridine rings is 1. The molecule has 0 aromatic carbocycles. The Morgan fingerprint density at radius 2 is 1.85 bits per heavy atom. The minimum absolute atomic E-state index is 0.589. The van der Waals surface area contributed by atoms with E-state index in [4.69, 9.17) is 34.0 Å². The molecule has 12 nitrogen and oxygen atoms in total. The largest absolute Gasteiger partial charge is 0.473 e. The van der Waals surface area contributed by atoms with Gasteiger partial charge in [-0.25, -0.2) is 19.6 Å². The lowest BCUT2D eigenvalue weighted by Crippen LogP contribution is -2.39. The van der Waals surface area contributed by atoms with Gasteiger partial charge in [0.2, 0.25) is 5.95 Å². The molecule has 0 bridgehead atoms. The second-order valence-electron chi connectivity index (χ2n) is 7.42. The van der Waals surface area contributed by atoms with E-state index in [0.29, 0.717) is 11.7 Å². The minimum atomic E-state index is -1.82. The van der Waals surface area contributed by atoms with Gasteiger partial charge in [-0.2, -0.15) is 0 Å². The molecule has 3 aromatic heterocycles. The molecule has 1 fully saturated rings. The number of carbonyl (C=O) groups is 2. The fraction of sp³-hybridized carbons (Fsp3) is 0.364. The maximum absolute atomic E-state index is 9.10. The van der Waals surface area contributed by atoms with Gasteiger partial charge in [0.1, 0.15) is 0 Å². The van der Waals surface area contributed by atoms with Gasteiger partial charge in [0, 0.05) is 55.9 Å². The molecule has 3 aromatic rings. The van der Waals surface area contributed by atoms with Gasteiger partial charge in [0.25, 0.3) is 0 Å². The molecule has 0 unspecified atom stereocenters. The van der Waals surface area contributed by atoms with E-state index in [9.17, 15) is 0 Å². The number of ether oxygens (including phenoxy) is 1. The van der Waals surface area contributed by atoms with E-state index in [1.165, 1.54) is 0 Å². The Hall–Kier alpha value is -3.90. The summed E-state index contributed by atoms with van der Waals surface area (Å²) in [6, 6.07) is 5.81. The zero-order chi connectivity index (χ0) is 24.5. The number of nitrogens with zero attached hydrogens (tertiary/aromatic N) is 5. The van der Waals surface area contributed by atoms with Crippen LogP contribution < -0.4 is 5.32 Å². The van der Waals surface area contributed by atoms with E-state index in [-0.39, 0.29) is 0 Å². The third kappa shape index (κ3) is 6.80. The first-order valence-corrected chi connectivity index (χ1v) is 10.6. The number of aryl methyl sites for hydroxylation is 2. The van der Waals surface area contributed by atoms with Crippen molar-refractivity contribution in [3.05, 3.63) is 42.0 Å². The SMILES string of the molecule is Cc1cc(-c2cnc(NCCN3CCOCC3)nc2-c2cccnc2C)on1.O=C(O)C(=O)O. The van der Waals surface area contributed by atoms with Crippen LogP contribution in [-0.2, 0) is 14.3 Å². The lowest BCUT2D eigenvalue weighted by molar-refractivity contribution is -0.159. The number of rotatable bonds is 6. The molecule has 3 N–H and O–H groups in total. The molecule has 4 heterocycles. The molecule has 1 saturated heterocycles. The summed E-state index contributed by atoms with van der Waals surface area (Å²) < 4.78 is 10.9. The van der Waals surface area contributed by atoms with Crippen molar-refractivity contribution < 1.29 is 29.1 Å². The summed E-state index contributed by atoms with van der Waals surface area (Å²) in [6.45, 7) is 9.09. The number of carboxylic acids is 2. The molecule has 0 atom stereocenters. The first-order chi connectivity index (χ1) is 16.3. The number of aliphatic carboxylic acids is 2. The van der Waals surface area contributed by atoms with Crippen LogP contribution in [-0.4, -0.2) is 86.6 Å². The highest BCUT2D eigenvalue weighted by molar-refractivity contribution is 6.27. The van der Waals surface area contributed by atoms with Crippen molar-refractivity contribution in [1.82, 2.24) is 25.0 Å². The van der Waals surface area contributed by atoms with E-state index < -0.39 is 11.9 Å². The fourth-order valence-corrected chi connectivity index (χ4v) is 3.23. The van der Waals surface area contributed by atoms with Gasteiger partial charge < -0.3 is 24.8 Å². The summed E-state index contributed by atoms with van der Waals surface area (Å²) in [7, 11) is 0. The molecule has 180 valence electrons. The van der Waals surface area contributed by atoms with Crippen molar-refractivity contribution in [3.63, 3.8) is 0 Å². The Morgan fingerprint density at radius 3 is 2.47 bits per heavy atom. The maximum Gasteiger partial charge on any atom is 0.414 e. The zero-order valence-corrected chi connectivity index (χ0v) is 18.9. The van der Waals surface area contributed by atoms with Crippen molar-refractivity contribution in [2.75, 3.05) is 44.7 Å². The molecule has 0 aliphatic carbocycles.